The van der Waals surface area contributed by atoms with E-state index in [0.717, 1.165) is 114 Å². The highest BCUT2D eigenvalue weighted by Gasteiger charge is 2.19. The van der Waals surface area contributed by atoms with Crippen molar-refractivity contribution >= 4 is 11.8 Å². The number of allylic oxidation sites excluding steroid dienone is 2. The third-order valence-electron chi connectivity index (χ3n) is 13.8. The lowest BCUT2D eigenvalue weighted by molar-refractivity contribution is -0.136. The van der Waals surface area contributed by atoms with Gasteiger partial charge >= 0.3 is 0 Å². The highest BCUT2D eigenvalue weighted by Crippen LogP contribution is 2.24. The second-order valence-corrected chi connectivity index (χ2v) is 24.5. The topological polar surface area (TPSA) is 71.6 Å². The van der Waals surface area contributed by atoms with Gasteiger partial charge in [-0.1, -0.05) is 288 Å². The molecule has 7 rings (SSSR count). The molecule has 2 aliphatic carbocycles. The van der Waals surface area contributed by atoms with Crippen molar-refractivity contribution in [3.05, 3.63) is 48.0 Å². The Kier molecular flexibility index (Phi) is 94.8. The molecule has 1 saturated carbocycles. The van der Waals surface area contributed by atoms with Crippen molar-refractivity contribution in [2.75, 3.05) is 85.5 Å². The number of hydrogen-bond acceptors (Lipinski definition) is 6. The minimum absolute atomic E-state index is 0.272. The van der Waals surface area contributed by atoms with E-state index in [0.29, 0.717) is 37.4 Å². The van der Waals surface area contributed by atoms with Crippen molar-refractivity contribution in [1.82, 2.24) is 14.7 Å². The van der Waals surface area contributed by atoms with Gasteiger partial charge in [0.25, 0.3) is 0 Å². The van der Waals surface area contributed by atoms with E-state index in [-0.39, 0.29) is 5.91 Å². The SMILES string of the molecule is C1CCCCC1.CC.CC.CC.CC.CC.CC.CC.CC(C)C1C=CCCC1.CC(C)CC(=O)N1CCCC1.CC(C)CC(=O)N1CCOCC1.CC(C)CC1CCOCC1.CC(C)CN1CCOCC1.CC(C)Cc1ccccc1.CCC(C)C. The zero-order valence-corrected chi connectivity index (χ0v) is 65.0. The first-order valence-corrected chi connectivity index (χ1v) is 37.6. The third kappa shape index (κ3) is 77.9. The Morgan fingerprint density at radius 1 is 0.437 bits per heavy atom. The van der Waals surface area contributed by atoms with Gasteiger partial charge in [0.1, 0.15) is 0 Å². The molecule has 4 saturated heterocycles. The first-order valence-electron chi connectivity index (χ1n) is 37.6. The Balaban J connectivity index is -0.000000134. The number of amides is 2. The maximum absolute atomic E-state index is 11.5. The van der Waals surface area contributed by atoms with E-state index in [1.807, 2.05) is 107 Å². The van der Waals surface area contributed by atoms with Crippen LogP contribution >= 0.6 is 0 Å². The molecule has 87 heavy (non-hydrogen) atoms. The van der Waals surface area contributed by atoms with Crippen LogP contribution in [0.1, 0.15) is 316 Å². The predicted octanol–water partition coefficient (Wildman–Crippen LogP) is 23.4. The second-order valence-electron chi connectivity index (χ2n) is 24.5. The van der Waals surface area contributed by atoms with Gasteiger partial charge in [-0.05, 0) is 117 Å². The van der Waals surface area contributed by atoms with Crippen LogP contribution in [0.2, 0.25) is 0 Å². The number of morpholine rings is 2. The summed E-state index contributed by atoms with van der Waals surface area (Å²) < 4.78 is 15.7. The molecule has 4 aliphatic heterocycles. The lowest BCUT2D eigenvalue weighted by Gasteiger charge is -2.27. The summed E-state index contributed by atoms with van der Waals surface area (Å²) >= 11 is 0. The van der Waals surface area contributed by atoms with E-state index < -0.39 is 0 Å². The standard InChI is InChI=1S/C10H14.C9H17NO2.C9H17NO.C9H18O.C9H16.C8H17NO.C6H12.C5H12.7C2H6/c1-9(2)8-10-6-4-3-5-7-10;1-8(2)7-9(11)10-3-5-12-6-4-10;1-8(2)7-9(11)10-5-3-4-6-10;1-8(2)7-9-3-5-10-6-4-9;1-8(2)9-6-4-3-5-7-9;1-8(2)7-9-3-5-10-6-4-9;1-2-4-6-5-3-1;1-4-5(2)3;7*1-2/h3-7,9H,8H2,1-2H3;8H,3-7H2,1-2H3;8H,3-7H2,1-2H3;8-9H,3-7H2,1-2H3;4,6,8-9H,3,5,7H2,1-2H3;8H,3-7H2,1-2H3;1-6H2;5H,4H2,1-3H3;7*1-2H3. The molecule has 5 fully saturated rings. The first kappa shape index (κ1) is 101. The summed E-state index contributed by atoms with van der Waals surface area (Å²) in [5, 5.41) is 0. The van der Waals surface area contributed by atoms with Gasteiger partial charge in [0.2, 0.25) is 11.8 Å². The van der Waals surface area contributed by atoms with Crippen LogP contribution in [0, 0.1) is 53.3 Å². The number of likely N-dealkylation sites (tertiary alicyclic amines) is 1. The van der Waals surface area contributed by atoms with E-state index in [1.54, 1.807) is 0 Å². The Morgan fingerprint density at radius 3 is 1.13 bits per heavy atom. The fourth-order valence-corrected chi connectivity index (χ4v) is 9.23. The largest absolute Gasteiger partial charge is 0.381 e. The molecule has 1 unspecified atom stereocenters. The van der Waals surface area contributed by atoms with E-state index in [9.17, 15) is 9.59 Å². The highest BCUT2D eigenvalue weighted by molar-refractivity contribution is 5.76. The molecule has 8 heteroatoms. The monoisotopic (exact) mass is 1240 g/mol. The molecule has 1 aromatic rings. The van der Waals surface area contributed by atoms with Gasteiger partial charge in [-0.15, -0.1) is 0 Å². The molecule has 0 bridgehead atoms. The summed E-state index contributed by atoms with van der Waals surface area (Å²) in [4.78, 5) is 29.2. The number of rotatable bonds is 12. The van der Waals surface area contributed by atoms with Crippen LogP contribution in [0.25, 0.3) is 0 Å². The molecule has 526 valence electrons. The molecule has 0 aromatic heterocycles. The Morgan fingerprint density at radius 2 is 0.816 bits per heavy atom. The predicted molar refractivity (Wildman–Crippen MR) is 396 cm³/mol. The van der Waals surface area contributed by atoms with Gasteiger partial charge in [-0.2, -0.15) is 0 Å². The Bertz CT molecular complexity index is 1350. The van der Waals surface area contributed by atoms with Crippen molar-refractivity contribution in [3.8, 4) is 0 Å². The molecule has 1 aromatic carbocycles. The molecule has 0 N–H and O–H groups in total. The van der Waals surface area contributed by atoms with E-state index in [4.69, 9.17) is 14.2 Å². The number of hydrogen-bond donors (Lipinski definition) is 0. The Labute approximate surface area is 550 Å². The molecule has 6 aliphatic rings. The van der Waals surface area contributed by atoms with Gasteiger partial charge < -0.3 is 24.0 Å². The zero-order valence-electron chi connectivity index (χ0n) is 65.0. The summed E-state index contributed by atoms with van der Waals surface area (Å²) in [6.07, 6.45) is 28.1. The third-order valence-corrected chi connectivity index (χ3v) is 13.8. The number of carbonyl (C=O) groups is 2. The summed E-state index contributed by atoms with van der Waals surface area (Å²) in [6, 6.07) is 10.6. The molecular formula is C79H165N3O5. The number of ether oxygens (including phenoxy) is 3. The van der Waals surface area contributed by atoms with Crippen molar-refractivity contribution < 1.29 is 23.8 Å². The van der Waals surface area contributed by atoms with E-state index in [1.165, 1.54) is 115 Å². The lowest BCUT2D eigenvalue weighted by atomic mass is 9.87. The molecule has 2 amide bonds. The minimum Gasteiger partial charge on any atom is -0.381 e. The first-order chi connectivity index (χ1) is 41.8. The molecule has 1 atom stereocenters. The molecule has 0 spiro atoms. The summed E-state index contributed by atoms with van der Waals surface area (Å²) in [7, 11) is 0. The minimum atomic E-state index is 0.272. The second kappa shape index (κ2) is 81.8. The quantitative estimate of drug-likeness (QED) is 0.194. The van der Waals surface area contributed by atoms with Crippen LogP contribution in [0.5, 0.6) is 0 Å². The Hall–Kier alpha value is -2.26. The number of benzene rings is 1. The van der Waals surface area contributed by atoms with Gasteiger partial charge in [0.15, 0.2) is 0 Å². The molecule has 4 heterocycles. The smallest absolute Gasteiger partial charge is 0.222 e. The van der Waals surface area contributed by atoms with E-state index >= 15 is 0 Å². The van der Waals surface area contributed by atoms with Crippen molar-refractivity contribution in [3.63, 3.8) is 0 Å². The normalized spacial score (nSPS) is 16.5. The number of carbonyl (C=O) groups excluding carboxylic acids is 2. The van der Waals surface area contributed by atoms with Crippen LogP contribution in [-0.4, -0.2) is 112 Å². The van der Waals surface area contributed by atoms with Crippen molar-refractivity contribution in [2.24, 2.45) is 53.3 Å². The lowest BCUT2D eigenvalue weighted by Crippen LogP contribution is -2.41. The van der Waals surface area contributed by atoms with Crippen LogP contribution in [0.4, 0.5) is 0 Å². The maximum atomic E-state index is 11.5. The van der Waals surface area contributed by atoms with Crippen molar-refractivity contribution in [2.45, 2.75) is 316 Å². The van der Waals surface area contributed by atoms with Crippen LogP contribution in [0.15, 0.2) is 42.5 Å². The maximum Gasteiger partial charge on any atom is 0.222 e. The van der Waals surface area contributed by atoms with Crippen molar-refractivity contribution in [1.29, 1.82) is 0 Å². The van der Waals surface area contributed by atoms with Gasteiger partial charge in [0, 0.05) is 71.9 Å². The summed E-state index contributed by atoms with van der Waals surface area (Å²) in [6.45, 7) is 73.4. The fraction of sp³-hybridized carbons (Fsp3) is 0.873. The van der Waals surface area contributed by atoms with Gasteiger partial charge in [0.05, 0.1) is 26.4 Å². The van der Waals surface area contributed by atoms with Crippen LogP contribution < -0.4 is 0 Å². The van der Waals surface area contributed by atoms with Crippen LogP contribution in [0.3, 0.4) is 0 Å². The van der Waals surface area contributed by atoms with E-state index in [2.05, 4.69) is 151 Å². The average Bonchev–Trinajstić information content (AvgIpc) is 4.12. The fourth-order valence-electron chi connectivity index (χ4n) is 9.23. The average molecular weight is 1240 g/mol. The molecular weight excluding hydrogens is 1070 g/mol. The summed E-state index contributed by atoms with van der Waals surface area (Å²) in [5.41, 5.74) is 1.44. The van der Waals surface area contributed by atoms with Crippen LogP contribution in [-0.2, 0) is 30.2 Å². The molecule has 8 nitrogen and oxygen atoms in total. The zero-order chi connectivity index (χ0) is 68.7. The van der Waals surface area contributed by atoms with Gasteiger partial charge in [-0.25, -0.2) is 0 Å². The number of nitrogens with zero attached hydrogens (tertiary/aromatic N) is 3. The van der Waals surface area contributed by atoms with Gasteiger partial charge in [-0.3, -0.25) is 14.5 Å². The molecule has 0 radical (unpaired) electrons. The highest BCUT2D eigenvalue weighted by atomic mass is 16.5. The summed E-state index contributed by atoms with van der Waals surface area (Å²) in [5.74, 6) is 7.56.